The molecule has 0 bridgehead atoms. The Balaban J connectivity index is 1.32. The summed E-state index contributed by atoms with van der Waals surface area (Å²) in [4.78, 5) is 27.4. The summed E-state index contributed by atoms with van der Waals surface area (Å²) in [6.45, 7) is 8.80. The number of piperazine rings is 1. The quantitative estimate of drug-likeness (QED) is 0.376. The lowest BCUT2D eigenvalue weighted by molar-refractivity contribution is 0.0510. The highest BCUT2D eigenvalue weighted by Gasteiger charge is 2.26. The Bertz CT molecular complexity index is 1190. The summed E-state index contributed by atoms with van der Waals surface area (Å²) in [5, 5.41) is 1.08. The van der Waals surface area contributed by atoms with Gasteiger partial charge >= 0.3 is 5.97 Å². The van der Waals surface area contributed by atoms with E-state index in [0.717, 1.165) is 67.4 Å². The van der Waals surface area contributed by atoms with Gasteiger partial charge in [0.2, 0.25) is 12.1 Å². The third kappa shape index (κ3) is 4.45. The van der Waals surface area contributed by atoms with E-state index in [1.165, 1.54) is 16.9 Å². The van der Waals surface area contributed by atoms with E-state index in [-0.39, 0.29) is 18.0 Å². The van der Waals surface area contributed by atoms with Gasteiger partial charge in [0, 0.05) is 32.7 Å². The number of aromatic nitrogens is 2. The Morgan fingerprint density at radius 3 is 2.76 bits per heavy atom. The van der Waals surface area contributed by atoms with Crippen molar-refractivity contribution in [3.05, 3.63) is 39.5 Å². The number of hydrogen-bond donors (Lipinski definition) is 0. The van der Waals surface area contributed by atoms with Crippen molar-refractivity contribution in [1.82, 2.24) is 14.9 Å². The Labute approximate surface area is 201 Å². The number of aryl methyl sites for hydroxylation is 1. The first-order valence-electron chi connectivity index (χ1n) is 11.0. The molecule has 0 aliphatic carbocycles. The molecule has 2 aliphatic rings. The van der Waals surface area contributed by atoms with Crippen molar-refractivity contribution in [2.75, 3.05) is 44.5 Å². The van der Waals surface area contributed by atoms with Crippen LogP contribution in [0.2, 0.25) is 5.28 Å². The van der Waals surface area contributed by atoms with Gasteiger partial charge in [0.05, 0.1) is 12.0 Å². The van der Waals surface area contributed by atoms with Gasteiger partial charge in [-0.2, -0.15) is 4.98 Å². The molecule has 10 heteroatoms. The summed E-state index contributed by atoms with van der Waals surface area (Å²) in [6, 6.07) is 6.10. The van der Waals surface area contributed by atoms with Crippen molar-refractivity contribution in [1.29, 1.82) is 0 Å². The van der Waals surface area contributed by atoms with Crippen LogP contribution in [-0.4, -0.2) is 60.4 Å². The molecule has 1 aromatic carbocycles. The maximum absolute atomic E-state index is 12.5. The zero-order valence-corrected chi connectivity index (χ0v) is 20.2. The van der Waals surface area contributed by atoms with E-state index in [1.807, 2.05) is 19.9 Å². The summed E-state index contributed by atoms with van der Waals surface area (Å²) in [5.74, 6) is 2.09. The fourth-order valence-corrected chi connectivity index (χ4v) is 5.48. The smallest absolute Gasteiger partial charge is 0.348 e. The molecule has 0 amide bonds. The topological polar surface area (TPSA) is 77.0 Å². The number of anilines is 1. The van der Waals surface area contributed by atoms with Crippen LogP contribution in [0.4, 0.5) is 5.82 Å². The van der Waals surface area contributed by atoms with Crippen LogP contribution in [0.3, 0.4) is 0 Å². The Hall–Kier alpha value is -2.62. The van der Waals surface area contributed by atoms with Crippen molar-refractivity contribution in [3.8, 4) is 11.5 Å². The minimum absolute atomic E-state index is 0.190. The number of rotatable bonds is 6. The highest BCUT2D eigenvalue weighted by atomic mass is 35.5. The summed E-state index contributed by atoms with van der Waals surface area (Å²) in [6.07, 6.45) is 0.781. The van der Waals surface area contributed by atoms with Gasteiger partial charge in [-0.15, -0.1) is 11.3 Å². The summed E-state index contributed by atoms with van der Waals surface area (Å²) in [5.41, 5.74) is 2.05. The van der Waals surface area contributed by atoms with Gasteiger partial charge in [-0.3, -0.25) is 4.90 Å². The van der Waals surface area contributed by atoms with Crippen LogP contribution < -0.4 is 14.4 Å². The minimum Gasteiger partial charge on any atom is -0.462 e. The molecule has 1 saturated heterocycles. The van der Waals surface area contributed by atoms with E-state index in [9.17, 15) is 4.79 Å². The van der Waals surface area contributed by atoms with Gasteiger partial charge in [0.15, 0.2) is 11.5 Å². The van der Waals surface area contributed by atoms with Crippen LogP contribution >= 0.6 is 22.9 Å². The van der Waals surface area contributed by atoms with E-state index >= 15 is 0 Å². The third-order valence-corrected chi connectivity index (χ3v) is 7.22. The second kappa shape index (κ2) is 9.32. The second-order valence-corrected chi connectivity index (χ2v) is 9.48. The fourth-order valence-electron chi connectivity index (χ4n) is 4.19. The Kier molecular flexibility index (Phi) is 6.27. The molecule has 2 aromatic heterocycles. The van der Waals surface area contributed by atoms with Crippen molar-refractivity contribution >= 4 is 44.9 Å². The van der Waals surface area contributed by atoms with Crippen LogP contribution in [0, 0.1) is 6.92 Å². The van der Waals surface area contributed by atoms with Crippen molar-refractivity contribution in [2.24, 2.45) is 0 Å². The number of ether oxygens (including phenoxy) is 3. The molecule has 0 saturated carbocycles. The monoisotopic (exact) mass is 488 g/mol. The lowest BCUT2D eigenvalue weighted by Crippen LogP contribution is -2.46. The number of benzene rings is 1. The first kappa shape index (κ1) is 22.2. The summed E-state index contributed by atoms with van der Waals surface area (Å²) < 4.78 is 16.3. The zero-order valence-electron chi connectivity index (χ0n) is 18.6. The minimum atomic E-state index is -0.312. The zero-order chi connectivity index (χ0) is 22.9. The normalized spacial score (nSPS) is 15.9. The average Bonchev–Trinajstić information content (AvgIpc) is 3.41. The molecule has 3 aromatic rings. The number of hydrogen-bond acceptors (Lipinski definition) is 9. The highest BCUT2D eigenvalue weighted by Crippen LogP contribution is 2.37. The molecule has 0 atom stereocenters. The van der Waals surface area contributed by atoms with E-state index in [2.05, 4.69) is 31.9 Å². The maximum Gasteiger partial charge on any atom is 0.348 e. The van der Waals surface area contributed by atoms with Crippen LogP contribution in [-0.2, 0) is 11.3 Å². The lowest BCUT2D eigenvalue weighted by atomic mass is 10.1. The van der Waals surface area contributed by atoms with Gasteiger partial charge in [0.25, 0.3) is 0 Å². The maximum atomic E-state index is 12.5. The SMILES string of the molecule is CCCOC(=O)c1sc2nc(Cl)nc(N3CCN(Cc4ccc5c(c4)OCO5)CC3)c2c1C. The van der Waals surface area contributed by atoms with E-state index in [1.54, 1.807) is 0 Å². The van der Waals surface area contributed by atoms with Crippen molar-refractivity contribution in [2.45, 2.75) is 26.8 Å². The number of halogens is 1. The third-order valence-electron chi connectivity index (χ3n) is 5.88. The van der Waals surface area contributed by atoms with Crippen molar-refractivity contribution in [3.63, 3.8) is 0 Å². The molecule has 0 radical (unpaired) electrons. The first-order chi connectivity index (χ1) is 16.0. The van der Waals surface area contributed by atoms with E-state index < -0.39 is 0 Å². The molecule has 4 heterocycles. The second-order valence-electron chi connectivity index (χ2n) is 8.14. The van der Waals surface area contributed by atoms with Crippen LogP contribution in [0.25, 0.3) is 10.2 Å². The standard InChI is InChI=1S/C23H25ClN4O4S/c1-3-10-30-22(29)19-14(2)18-20(25-23(24)26-21(18)33-19)28-8-6-27(7-9-28)12-15-4-5-16-17(11-15)32-13-31-16/h4-5,11H,3,6-10,12-13H2,1-2H3. The molecule has 5 rings (SSSR count). The molecule has 0 spiro atoms. The Morgan fingerprint density at radius 2 is 1.97 bits per heavy atom. The number of fused-ring (bicyclic) bond motifs is 2. The lowest BCUT2D eigenvalue weighted by Gasteiger charge is -2.35. The van der Waals surface area contributed by atoms with Crippen LogP contribution in [0.5, 0.6) is 11.5 Å². The first-order valence-corrected chi connectivity index (χ1v) is 12.2. The molecule has 8 nitrogen and oxygen atoms in total. The molecule has 33 heavy (non-hydrogen) atoms. The predicted octanol–water partition coefficient (Wildman–Crippen LogP) is 4.27. The molecule has 2 aliphatic heterocycles. The largest absolute Gasteiger partial charge is 0.462 e. The molecular weight excluding hydrogens is 464 g/mol. The molecular formula is C23H25ClN4O4S. The molecule has 1 fully saturated rings. The molecule has 0 N–H and O–H groups in total. The van der Waals surface area contributed by atoms with Gasteiger partial charge in [-0.05, 0) is 48.2 Å². The highest BCUT2D eigenvalue weighted by molar-refractivity contribution is 7.20. The van der Waals surface area contributed by atoms with Crippen molar-refractivity contribution < 1.29 is 19.0 Å². The summed E-state index contributed by atoms with van der Waals surface area (Å²) >= 11 is 7.58. The number of thiophene rings is 1. The predicted molar refractivity (Wildman–Crippen MR) is 128 cm³/mol. The van der Waals surface area contributed by atoms with E-state index in [0.29, 0.717) is 16.3 Å². The van der Waals surface area contributed by atoms with Gasteiger partial charge in [0.1, 0.15) is 15.5 Å². The Morgan fingerprint density at radius 1 is 1.18 bits per heavy atom. The molecule has 174 valence electrons. The van der Waals surface area contributed by atoms with E-state index in [4.69, 9.17) is 25.8 Å². The number of esters is 1. The fraction of sp³-hybridized carbons (Fsp3) is 0.435. The van der Waals surface area contributed by atoms with Crippen LogP contribution in [0.1, 0.15) is 34.1 Å². The van der Waals surface area contributed by atoms with Crippen LogP contribution in [0.15, 0.2) is 18.2 Å². The van der Waals surface area contributed by atoms with Gasteiger partial charge < -0.3 is 19.1 Å². The number of carbonyl (C=O) groups excluding carboxylic acids is 1. The number of carbonyl (C=O) groups is 1. The summed E-state index contributed by atoms with van der Waals surface area (Å²) in [7, 11) is 0. The van der Waals surface area contributed by atoms with Gasteiger partial charge in [-0.25, -0.2) is 9.78 Å². The van der Waals surface area contributed by atoms with Gasteiger partial charge in [-0.1, -0.05) is 13.0 Å². The molecule has 0 unspecified atom stereocenters. The number of nitrogens with zero attached hydrogens (tertiary/aromatic N) is 4. The average molecular weight is 489 g/mol.